The third-order valence-electron chi connectivity index (χ3n) is 1.53. The number of hydrogen-bond donors (Lipinski definition) is 1. The number of aryl methyl sites for hydroxylation is 1. The maximum atomic E-state index is 5.55. The van der Waals surface area contributed by atoms with Crippen LogP contribution >= 0.6 is 0 Å². The van der Waals surface area contributed by atoms with Gasteiger partial charge >= 0.3 is 0 Å². The summed E-state index contributed by atoms with van der Waals surface area (Å²) in [6.07, 6.45) is 0.859. The Kier molecular flexibility index (Phi) is 2.08. The van der Waals surface area contributed by atoms with Gasteiger partial charge in [0, 0.05) is 13.5 Å². The molecule has 0 bridgehead atoms. The minimum absolute atomic E-state index is 0.216. The molecule has 4 heteroatoms. The molecule has 0 radical (unpaired) electrons. The van der Waals surface area contributed by atoms with Crippen molar-refractivity contribution < 1.29 is 0 Å². The Bertz CT molecular complexity index is 250. The highest BCUT2D eigenvalue weighted by Crippen LogP contribution is 2.18. The molecule has 0 aromatic carbocycles. The number of aromatic nitrogens is 3. The number of nitrogens with two attached hydrogens (primary N) is 1. The molecule has 0 unspecified atom stereocenters. The molecule has 4 nitrogen and oxygen atoms in total. The van der Waals surface area contributed by atoms with E-state index in [2.05, 4.69) is 30.9 Å². The molecule has 0 fully saturated rings. The minimum Gasteiger partial charge on any atom is -0.368 e. The molecule has 0 amide bonds. The minimum atomic E-state index is 0.216. The number of hydrogen-bond acceptors (Lipinski definition) is 3. The van der Waals surface area contributed by atoms with Crippen LogP contribution in [0.1, 0.15) is 26.6 Å². The van der Waals surface area contributed by atoms with Gasteiger partial charge < -0.3 is 5.73 Å². The van der Waals surface area contributed by atoms with Crippen molar-refractivity contribution in [2.24, 2.45) is 12.5 Å². The van der Waals surface area contributed by atoms with Crippen molar-refractivity contribution in [2.45, 2.75) is 27.2 Å². The van der Waals surface area contributed by atoms with Gasteiger partial charge in [-0.2, -0.15) is 10.1 Å². The summed E-state index contributed by atoms with van der Waals surface area (Å²) in [6, 6.07) is 0. The second-order valence-corrected chi connectivity index (χ2v) is 4.25. The van der Waals surface area contributed by atoms with Crippen LogP contribution in [-0.2, 0) is 13.5 Å². The van der Waals surface area contributed by atoms with E-state index >= 15 is 0 Å². The average molecular weight is 168 g/mol. The molecule has 0 aliphatic heterocycles. The lowest BCUT2D eigenvalue weighted by Crippen LogP contribution is -2.10. The van der Waals surface area contributed by atoms with Crippen LogP contribution in [0.5, 0.6) is 0 Å². The van der Waals surface area contributed by atoms with E-state index < -0.39 is 0 Å². The van der Waals surface area contributed by atoms with Crippen molar-refractivity contribution in [3.05, 3.63) is 5.82 Å². The summed E-state index contributed by atoms with van der Waals surface area (Å²) >= 11 is 0. The van der Waals surface area contributed by atoms with E-state index in [4.69, 9.17) is 5.73 Å². The topological polar surface area (TPSA) is 56.7 Å². The van der Waals surface area contributed by atoms with Crippen molar-refractivity contribution in [1.29, 1.82) is 0 Å². The summed E-state index contributed by atoms with van der Waals surface area (Å²) in [5, 5.41) is 4.18. The predicted octanol–water partition coefficient (Wildman–Crippen LogP) is 0.986. The molecule has 0 aliphatic carbocycles. The van der Waals surface area contributed by atoms with Crippen LogP contribution in [0.3, 0.4) is 0 Å². The number of anilines is 1. The van der Waals surface area contributed by atoms with Gasteiger partial charge in [-0.05, 0) is 5.41 Å². The van der Waals surface area contributed by atoms with E-state index in [1.807, 2.05) is 0 Å². The Hall–Kier alpha value is -1.06. The molecule has 0 atom stereocenters. The predicted molar refractivity (Wildman–Crippen MR) is 48.6 cm³/mol. The third kappa shape index (κ3) is 2.22. The lowest BCUT2D eigenvalue weighted by Gasteiger charge is -2.14. The van der Waals surface area contributed by atoms with Gasteiger partial charge in [0.2, 0.25) is 5.95 Å². The molecule has 1 aromatic heterocycles. The average Bonchev–Trinajstić information content (AvgIpc) is 2.07. The standard InChI is InChI=1S/C8H16N4/c1-8(2,3)5-6-10-7(9)12(4)11-6/h5H2,1-4H3,(H2,9,10,11). The van der Waals surface area contributed by atoms with Gasteiger partial charge in [-0.3, -0.25) is 0 Å². The molecule has 68 valence electrons. The molecule has 1 heterocycles. The monoisotopic (exact) mass is 168 g/mol. The zero-order valence-corrected chi connectivity index (χ0v) is 8.13. The first-order chi connectivity index (χ1) is 5.38. The number of nitrogens with zero attached hydrogens (tertiary/aromatic N) is 3. The normalized spacial score (nSPS) is 12.0. The molecular weight excluding hydrogens is 152 g/mol. The van der Waals surface area contributed by atoms with E-state index in [0.29, 0.717) is 5.95 Å². The van der Waals surface area contributed by atoms with Crippen molar-refractivity contribution in [3.8, 4) is 0 Å². The molecule has 2 N–H and O–H groups in total. The zero-order valence-electron chi connectivity index (χ0n) is 8.13. The summed E-state index contributed by atoms with van der Waals surface area (Å²) < 4.78 is 1.60. The van der Waals surface area contributed by atoms with Crippen LogP contribution in [0.15, 0.2) is 0 Å². The van der Waals surface area contributed by atoms with E-state index in [1.54, 1.807) is 11.7 Å². The van der Waals surface area contributed by atoms with Gasteiger partial charge in [-0.15, -0.1) is 0 Å². The molecule has 0 saturated carbocycles. The van der Waals surface area contributed by atoms with Crippen molar-refractivity contribution in [2.75, 3.05) is 5.73 Å². The summed E-state index contributed by atoms with van der Waals surface area (Å²) in [4.78, 5) is 4.13. The first kappa shape index (κ1) is 9.03. The Balaban J connectivity index is 2.77. The fourth-order valence-electron chi connectivity index (χ4n) is 1.00. The highest BCUT2D eigenvalue weighted by atomic mass is 15.4. The lowest BCUT2D eigenvalue weighted by atomic mass is 9.92. The van der Waals surface area contributed by atoms with Gasteiger partial charge in [0.25, 0.3) is 0 Å². The van der Waals surface area contributed by atoms with E-state index in [1.165, 1.54) is 0 Å². The molecule has 12 heavy (non-hydrogen) atoms. The second kappa shape index (κ2) is 2.77. The molecular formula is C8H16N4. The van der Waals surface area contributed by atoms with Crippen LogP contribution in [0.4, 0.5) is 5.95 Å². The fourth-order valence-corrected chi connectivity index (χ4v) is 1.00. The van der Waals surface area contributed by atoms with Crippen LogP contribution in [0, 0.1) is 5.41 Å². The Morgan fingerprint density at radius 2 is 2.00 bits per heavy atom. The smallest absolute Gasteiger partial charge is 0.218 e. The largest absolute Gasteiger partial charge is 0.368 e. The highest BCUT2D eigenvalue weighted by molar-refractivity contribution is 5.15. The molecule has 1 aromatic rings. The first-order valence-electron chi connectivity index (χ1n) is 4.04. The summed E-state index contributed by atoms with van der Waals surface area (Å²) in [5.74, 6) is 1.30. The Labute approximate surface area is 72.8 Å². The maximum absolute atomic E-state index is 5.55. The number of rotatable bonds is 1. The third-order valence-corrected chi connectivity index (χ3v) is 1.53. The van der Waals surface area contributed by atoms with E-state index in [-0.39, 0.29) is 5.41 Å². The SMILES string of the molecule is Cn1nc(CC(C)(C)C)nc1N. The van der Waals surface area contributed by atoms with Crippen LogP contribution in [0.2, 0.25) is 0 Å². The van der Waals surface area contributed by atoms with Gasteiger partial charge in [-0.1, -0.05) is 20.8 Å². The fraction of sp³-hybridized carbons (Fsp3) is 0.750. The van der Waals surface area contributed by atoms with Gasteiger partial charge in [-0.25, -0.2) is 4.68 Å². The van der Waals surface area contributed by atoms with Crippen LogP contribution in [0.25, 0.3) is 0 Å². The zero-order chi connectivity index (χ0) is 9.35. The van der Waals surface area contributed by atoms with Crippen LogP contribution in [-0.4, -0.2) is 14.8 Å². The summed E-state index contributed by atoms with van der Waals surface area (Å²) in [5.41, 5.74) is 5.76. The second-order valence-electron chi connectivity index (χ2n) is 4.25. The molecule has 1 rings (SSSR count). The Morgan fingerprint density at radius 1 is 1.42 bits per heavy atom. The van der Waals surface area contributed by atoms with E-state index in [9.17, 15) is 0 Å². The maximum Gasteiger partial charge on any atom is 0.218 e. The van der Waals surface area contributed by atoms with Gasteiger partial charge in [0.1, 0.15) is 0 Å². The van der Waals surface area contributed by atoms with Gasteiger partial charge in [0.05, 0.1) is 0 Å². The lowest BCUT2D eigenvalue weighted by molar-refractivity contribution is 0.400. The molecule has 0 aliphatic rings. The first-order valence-corrected chi connectivity index (χ1v) is 4.04. The van der Waals surface area contributed by atoms with Crippen LogP contribution < -0.4 is 5.73 Å². The summed E-state index contributed by atoms with van der Waals surface area (Å²) in [7, 11) is 1.80. The van der Waals surface area contributed by atoms with E-state index in [0.717, 1.165) is 12.2 Å². The Morgan fingerprint density at radius 3 is 2.33 bits per heavy atom. The molecule has 0 saturated heterocycles. The summed E-state index contributed by atoms with van der Waals surface area (Å²) in [6.45, 7) is 6.46. The van der Waals surface area contributed by atoms with Crippen molar-refractivity contribution in [3.63, 3.8) is 0 Å². The van der Waals surface area contributed by atoms with Gasteiger partial charge in [0.15, 0.2) is 5.82 Å². The highest BCUT2D eigenvalue weighted by Gasteiger charge is 2.15. The number of nitrogen functional groups attached to an aromatic ring is 1. The van der Waals surface area contributed by atoms with Crippen molar-refractivity contribution in [1.82, 2.24) is 14.8 Å². The van der Waals surface area contributed by atoms with Crippen molar-refractivity contribution >= 4 is 5.95 Å². The molecule has 0 spiro atoms. The quantitative estimate of drug-likeness (QED) is 0.680.